The zero-order chi connectivity index (χ0) is 20.9. The number of nitrogens with one attached hydrogen (secondary N) is 1. The quantitative estimate of drug-likeness (QED) is 0.235. The van der Waals surface area contributed by atoms with Gasteiger partial charge in [0.05, 0.1) is 0 Å². The number of imidazole rings is 1. The molecule has 162 valence electrons. The van der Waals surface area contributed by atoms with Crippen molar-refractivity contribution in [2.75, 3.05) is 0 Å². The first kappa shape index (κ1) is 26.1. The number of aryl methyl sites for hydroxylation is 1. The normalized spacial score (nSPS) is 10.3. The maximum absolute atomic E-state index is 9.10. The van der Waals surface area contributed by atoms with E-state index in [9.17, 15) is 0 Å². The number of carbonyl (C=O) groups is 2. The number of hydrogen-bond donors (Lipinski definition) is 3. The molecule has 0 aromatic carbocycles. The molecule has 1 aromatic heterocycles. The number of unbranched alkanes of at least 4 members (excludes halogenated alkanes) is 14. The summed E-state index contributed by atoms with van der Waals surface area (Å²) < 4.78 is 0. The van der Waals surface area contributed by atoms with E-state index in [1.807, 2.05) is 12.4 Å². The van der Waals surface area contributed by atoms with Crippen LogP contribution in [0.2, 0.25) is 0 Å². The van der Waals surface area contributed by atoms with Crippen molar-refractivity contribution in [3.63, 3.8) is 0 Å². The third-order valence-corrected chi connectivity index (χ3v) is 4.75. The van der Waals surface area contributed by atoms with Crippen LogP contribution in [0.1, 0.15) is 109 Å². The molecule has 1 rings (SSSR count). The third kappa shape index (κ3) is 18.9. The summed E-state index contributed by atoms with van der Waals surface area (Å²) in [7, 11) is 0. The Morgan fingerprint density at radius 2 is 1.14 bits per heavy atom. The van der Waals surface area contributed by atoms with Gasteiger partial charge < -0.3 is 15.2 Å². The Hall–Kier alpha value is -1.85. The van der Waals surface area contributed by atoms with E-state index >= 15 is 0 Å². The lowest BCUT2D eigenvalue weighted by Gasteiger charge is -2.03. The fourth-order valence-electron chi connectivity index (χ4n) is 3.10. The lowest BCUT2D eigenvalue weighted by molar-refractivity contribution is -0.159. The van der Waals surface area contributed by atoms with Crippen molar-refractivity contribution in [2.45, 2.75) is 110 Å². The Labute approximate surface area is 170 Å². The van der Waals surface area contributed by atoms with Gasteiger partial charge in [-0.05, 0) is 6.42 Å². The predicted molar refractivity (Wildman–Crippen MR) is 112 cm³/mol. The van der Waals surface area contributed by atoms with Gasteiger partial charge in [0, 0.05) is 18.8 Å². The minimum Gasteiger partial charge on any atom is -0.473 e. The van der Waals surface area contributed by atoms with Gasteiger partial charge in [0.1, 0.15) is 5.82 Å². The minimum atomic E-state index is -1.82. The summed E-state index contributed by atoms with van der Waals surface area (Å²) in [5, 5.41) is 14.8. The zero-order valence-electron chi connectivity index (χ0n) is 17.6. The summed E-state index contributed by atoms with van der Waals surface area (Å²) in [6.07, 6.45) is 26.3. The molecule has 0 fully saturated rings. The predicted octanol–water partition coefficient (Wildman–Crippen LogP) is 5.98. The molecule has 6 heteroatoms. The fourth-order valence-corrected chi connectivity index (χ4v) is 3.10. The number of rotatable bonds is 16. The van der Waals surface area contributed by atoms with Crippen molar-refractivity contribution in [1.29, 1.82) is 0 Å². The van der Waals surface area contributed by atoms with Gasteiger partial charge in [-0.3, -0.25) is 0 Å². The molecule has 0 aliphatic carbocycles. The highest BCUT2D eigenvalue weighted by molar-refractivity contribution is 6.27. The Kier molecular flexibility index (Phi) is 18.6. The summed E-state index contributed by atoms with van der Waals surface area (Å²) >= 11 is 0. The van der Waals surface area contributed by atoms with Crippen molar-refractivity contribution < 1.29 is 19.8 Å². The van der Waals surface area contributed by atoms with Crippen LogP contribution in [-0.4, -0.2) is 32.1 Å². The molecule has 0 atom stereocenters. The van der Waals surface area contributed by atoms with Gasteiger partial charge in [0.15, 0.2) is 0 Å². The van der Waals surface area contributed by atoms with Crippen LogP contribution in [0.3, 0.4) is 0 Å². The van der Waals surface area contributed by atoms with E-state index < -0.39 is 11.9 Å². The SMILES string of the molecule is CCCCCCCCCCCCCCCCCc1ncc[nH]1.O=C(O)C(=O)O. The highest BCUT2D eigenvalue weighted by Gasteiger charge is 2.04. The molecule has 0 radical (unpaired) electrons. The lowest BCUT2D eigenvalue weighted by Crippen LogP contribution is -2.09. The largest absolute Gasteiger partial charge is 0.473 e. The number of carboxylic acids is 2. The average Bonchev–Trinajstić information content (AvgIpc) is 3.19. The highest BCUT2D eigenvalue weighted by Crippen LogP contribution is 2.13. The Morgan fingerprint density at radius 3 is 1.46 bits per heavy atom. The molecule has 0 saturated heterocycles. The molecule has 1 heterocycles. The molecule has 0 bridgehead atoms. The van der Waals surface area contributed by atoms with Crippen molar-refractivity contribution in [3.05, 3.63) is 18.2 Å². The monoisotopic (exact) mass is 396 g/mol. The second-order valence-corrected chi connectivity index (χ2v) is 7.35. The van der Waals surface area contributed by atoms with Gasteiger partial charge in [0.2, 0.25) is 0 Å². The van der Waals surface area contributed by atoms with Crippen LogP contribution in [0.4, 0.5) is 0 Å². The van der Waals surface area contributed by atoms with Gasteiger partial charge in [0.25, 0.3) is 0 Å². The van der Waals surface area contributed by atoms with Crippen molar-refractivity contribution in [2.24, 2.45) is 0 Å². The molecule has 0 saturated carbocycles. The molecule has 0 aliphatic rings. The van der Waals surface area contributed by atoms with E-state index in [0.29, 0.717) is 0 Å². The molecular weight excluding hydrogens is 356 g/mol. The molecule has 0 aliphatic heterocycles. The first-order chi connectivity index (χ1) is 13.6. The van der Waals surface area contributed by atoms with E-state index in [-0.39, 0.29) is 0 Å². The zero-order valence-corrected chi connectivity index (χ0v) is 17.6. The van der Waals surface area contributed by atoms with Crippen LogP contribution >= 0.6 is 0 Å². The fraction of sp³-hybridized carbons (Fsp3) is 0.773. The van der Waals surface area contributed by atoms with Gasteiger partial charge >= 0.3 is 11.9 Å². The van der Waals surface area contributed by atoms with Crippen LogP contribution in [-0.2, 0) is 16.0 Å². The Morgan fingerprint density at radius 1 is 0.750 bits per heavy atom. The van der Waals surface area contributed by atoms with Crippen molar-refractivity contribution >= 4 is 11.9 Å². The average molecular weight is 397 g/mol. The molecular formula is C22H40N2O4. The molecule has 1 aromatic rings. The maximum Gasteiger partial charge on any atom is 0.414 e. The smallest absolute Gasteiger partial charge is 0.414 e. The van der Waals surface area contributed by atoms with Gasteiger partial charge in [-0.25, -0.2) is 14.6 Å². The van der Waals surface area contributed by atoms with Crippen LogP contribution in [0.15, 0.2) is 12.4 Å². The Balaban J connectivity index is 0.00000105. The maximum atomic E-state index is 9.10. The first-order valence-corrected chi connectivity index (χ1v) is 11.0. The molecule has 0 amide bonds. The molecule has 3 N–H and O–H groups in total. The standard InChI is InChI=1S/C20H38N2.C2H2O4/c1-2-3-4-5-6-7-8-9-10-11-12-13-14-15-16-17-20-21-18-19-22-20;3-1(4)2(5)6/h18-19H,2-17H2,1H3,(H,21,22);(H,3,4)(H,5,6). The summed E-state index contributed by atoms with van der Waals surface area (Å²) in [6.45, 7) is 2.29. The molecule has 28 heavy (non-hydrogen) atoms. The second-order valence-electron chi connectivity index (χ2n) is 7.35. The van der Waals surface area contributed by atoms with E-state index in [0.717, 1.165) is 12.2 Å². The first-order valence-electron chi connectivity index (χ1n) is 11.0. The van der Waals surface area contributed by atoms with Crippen LogP contribution < -0.4 is 0 Å². The number of aromatic nitrogens is 2. The number of aliphatic carboxylic acids is 2. The number of aromatic amines is 1. The summed E-state index contributed by atoms with van der Waals surface area (Å²) in [5.74, 6) is -2.50. The third-order valence-electron chi connectivity index (χ3n) is 4.75. The van der Waals surface area contributed by atoms with Crippen LogP contribution in [0.25, 0.3) is 0 Å². The van der Waals surface area contributed by atoms with Crippen molar-refractivity contribution in [1.82, 2.24) is 9.97 Å². The number of H-pyrrole nitrogens is 1. The van der Waals surface area contributed by atoms with Crippen molar-refractivity contribution in [3.8, 4) is 0 Å². The van der Waals surface area contributed by atoms with Crippen LogP contribution in [0.5, 0.6) is 0 Å². The van der Waals surface area contributed by atoms with Gasteiger partial charge in [-0.15, -0.1) is 0 Å². The Bertz CT molecular complexity index is 463. The number of nitrogens with zero attached hydrogens (tertiary/aromatic N) is 1. The molecule has 0 unspecified atom stereocenters. The molecule has 6 nitrogen and oxygen atoms in total. The van der Waals surface area contributed by atoms with Gasteiger partial charge in [-0.2, -0.15) is 0 Å². The number of carboxylic acid groups (broad SMARTS) is 2. The van der Waals surface area contributed by atoms with E-state index in [1.165, 1.54) is 96.3 Å². The minimum absolute atomic E-state index is 1.12. The van der Waals surface area contributed by atoms with E-state index in [2.05, 4.69) is 16.9 Å². The van der Waals surface area contributed by atoms with E-state index in [4.69, 9.17) is 19.8 Å². The summed E-state index contributed by atoms with van der Waals surface area (Å²) in [6, 6.07) is 0. The topological polar surface area (TPSA) is 103 Å². The van der Waals surface area contributed by atoms with E-state index in [1.54, 1.807) is 0 Å². The lowest BCUT2D eigenvalue weighted by atomic mass is 10.0. The second kappa shape index (κ2) is 19.9. The van der Waals surface area contributed by atoms with Crippen LogP contribution in [0, 0.1) is 0 Å². The summed E-state index contributed by atoms with van der Waals surface area (Å²) in [5.41, 5.74) is 0. The molecule has 0 spiro atoms. The van der Waals surface area contributed by atoms with Gasteiger partial charge in [-0.1, -0.05) is 96.8 Å². The summed E-state index contributed by atoms with van der Waals surface area (Å²) in [4.78, 5) is 25.6. The number of hydrogen-bond acceptors (Lipinski definition) is 3. The highest BCUT2D eigenvalue weighted by atomic mass is 16.4.